The zero-order chi connectivity index (χ0) is 16.9. The summed E-state index contributed by atoms with van der Waals surface area (Å²) < 4.78 is 38.3. The molecule has 1 fully saturated rings. The lowest BCUT2D eigenvalue weighted by molar-refractivity contribution is -0.118. The van der Waals surface area contributed by atoms with Crippen LogP contribution in [0.3, 0.4) is 0 Å². The average Bonchev–Trinajstić information content (AvgIpc) is 3.20. The number of hydrogen-bond donors (Lipinski definition) is 1. The van der Waals surface area contributed by atoms with Gasteiger partial charge in [-0.15, -0.1) is 0 Å². The van der Waals surface area contributed by atoms with Gasteiger partial charge in [0, 0.05) is 31.2 Å². The second-order valence-corrected chi connectivity index (χ2v) is 5.54. The molecule has 0 aliphatic carbocycles. The Balaban J connectivity index is 1.54. The molecule has 1 amide bonds. The molecule has 0 saturated carbocycles. The van der Waals surface area contributed by atoms with E-state index in [1.807, 2.05) is 0 Å². The Hall–Kier alpha value is -2.48. The molecule has 1 aromatic carbocycles. The van der Waals surface area contributed by atoms with E-state index in [0.29, 0.717) is 31.0 Å². The molecule has 1 aromatic heterocycles. The standard InChI is InChI=1S/C16H17F2N3O3/c17-12-1-2-14(13(18)7-12)24-10-16(22)20-15-3-5-19-21(15)8-11-4-6-23-9-11/h1-3,5,7,11H,4,6,8-10H2,(H,20,22)/t11-/m1/s1. The molecule has 1 aliphatic heterocycles. The lowest BCUT2D eigenvalue weighted by atomic mass is 10.1. The lowest BCUT2D eigenvalue weighted by Crippen LogP contribution is -2.23. The summed E-state index contributed by atoms with van der Waals surface area (Å²) in [6.45, 7) is 1.68. The molecular weight excluding hydrogens is 320 g/mol. The van der Waals surface area contributed by atoms with Crippen LogP contribution in [-0.2, 0) is 16.1 Å². The number of nitrogens with zero attached hydrogens (tertiary/aromatic N) is 2. The molecule has 2 heterocycles. The van der Waals surface area contributed by atoms with E-state index in [0.717, 1.165) is 25.2 Å². The van der Waals surface area contributed by atoms with Gasteiger partial charge in [-0.25, -0.2) is 13.5 Å². The van der Waals surface area contributed by atoms with Crippen molar-refractivity contribution in [2.45, 2.75) is 13.0 Å². The Bertz CT molecular complexity index is 714. The molecule has 3 rings (SSSR count). The SMILES string of the molecule is O=C(COc1ccc(F)cc1F)Nc1ccnn1C[C@H]1CCOC1. The fraction of sp³-hybridized carbons (Fsp3) is 0.375. The Labute approximate surface area is 137 Å². The van der Waals surface area contributed by atoms with Gasteiger partial charge in [0.2, 0.25) is 0 Å². The maximum absolute atomic E-state index is 13.4. The highest BCUT2D eigenvalue weighted by atomic mass is 19.1. The summed E-state index contributed by atoms with van der Waals surface area (Å²) in [5.41, 5.74) is 0. The summed E-state index contributed by atoms with van der Waals surface area (Å²) >= 11 is 0. The fourth-order valence-corrected chi connectivity index (χ4v) is 2.47. The van der Waals surface area contributed by atoms with Crippen molar-refractivity contribution in [2.24, 2.45) is 5.92 Å². The Morgan fingerprint density at radius 2 is 2.29 bits per heavy atom. The van der Waals surface area contributed by atoms with Gasteiger partial charge in [-0.2, -0.15) is 5.10 Å². The minimum Gasteiger partial charge on any atom is -0.481 e. The predicted molar refractivity (Wildman–Crippen MR) is 81.6 cm³/mol. The fourth-order valence-electron chi connectivity index (χ4n) is 2.47. The summed E-state index contributed by atoms with van der Waals surface area (Å²) in [7, 11) is 0. The van der Waals surface area contributed by atoms with Crippen LogP contribution in [0, 0.1) is 17.6 Å². The molecule has 1 atom stereocenters. The largest absolute Gasteiger partial charge is 0.481 e. The van der Waals surface area contributed by atoms with Crippen molar-refractivity contribution in [1.82, 2.24) is 9.78 Å². The Kier molecular flexibility index (Phi) is 5.05. The van der Waals surface area contributed by atoms with E-state index in [9.17, 15) is 13.6 Å². The number of rotatable bonds is 6. The topological polar surface area (TPSA) is 65.4 Å². The van der Waals surface area contributed by atoms with E-state index in [-0.39, 0.29) is 12.4 Å². The van der Waals surface area contributed by atoms with Crippen LogP contribution < -0.4 is 10.1 Å². The first-order chi connectivity index (χ1) is 11.6. The van der Waals surface area contributed by atoms with Gasteiger partial charge in [0.15, 0.2) is 18.2 Å². The third-order valence-electron chi connectivity index (χ3n) is 3.69. The van der Waals surface area contributed by atoms with Crippen molar-refractivity contribution in [3.8, 4) is 5.75 Å². The highest BCUT2D eigenvalue weighted by molar-refractivity contribution is 5.91. The van der Waals surface area contributed by atoms with Crippen LogP contribution in [-0.4, -0.2) is 35.5 Å². The molecule has 0 bridgehead atoms. The van der Waals surface area contributed by atoms with Crippen molar-refractivity contribution >= 4 is 11.7 Å². The van der Waals surface area contributed by atoms with Gasteiger partial charge in [0.05, 0.1) is 12.8 Å². The van der Waals surface area contributed by atoms with Crippen LogP contribution in [0.25, 0.3) is 0 Å². The number of aromatic nitrogens is 2. The van der Waals surface area contributed by atoms with Gasteiger partial charge < -0.3 is 14.8 Å². The minimum atomic E-state index is -0.853. The third kappa shape index (κ3) is 4.08. The van der Waals surface area contributed by atoms with Gasteiger partial charge in [0.1, 0.15) is 11.6 Å². The van der Waals surface area contributed by atoms with Gasteiger partial charge in [-0.05, 0) is 18.6 Å². The summed E-state index contributed by atoms with van der Waals surface area (Å²) in [6, 6.07) is 4.58. The van der Waals surface area contributed by atoms with E-state index in [2.05, 4.69) is 10.4 Å². The quantitative estimate of drug-likeness (QED) is 0.878. The number of halogens is 2. The van der Waals surface area contributed by atoms with Crippen molar-refractivity contribution in [2.75, 3.05) is 25.1 Å². The Morgan fingerprint density at radius 3 is 3.04 bits per heavy atom. The molecule has 1 aliphatic rings. The molecule has 24 heavy (non-hydrogen) atoms. The molecule has 0 unspecified atom stereocenters. The van der Waals surface area contributed by atoms with E-state index in [1.165, 1.54) is 0 Å². The van der Waals surface area contributed by atoms with Crippen LogP contribution in [0.2, 0.25) is 0 Å². The van der Waals surface area contributed by atoms with E-state index >= 15 is 0 Å². The molecular formula is C16H17F2N3O3. The first-order valence-electron chi connectivity index (χ1n) is 7.59. The maximum atomic E-state index is 13.4. The molecule has 1 N–H and O–H groups in total. The number of anilines is 1. The van der Waals surface area contributed by atoms with E-state index < -0.39 is 17.5 Å². The number of amides is 1. The van der Waals surface area contributed by atoms with Crippen LogP contribution in [0.1, 0.15) is 6.42 Å². The van der Waals surface area contributed by atoms with Gasteiger partial charge in [-0.3, -0.25) is 4.79 Å². The van der Waals surface area contributed by atoms with Gasteiger partial charge in [0.25, 0.3) is 5.91 Å². The highest BCUT2D eigenvalue weighted by Crippen LogP contribution is 2.19. The molecule has 0 radical (unpaired) electrons. The van der Waals surface area contributed by atoms with Crippen LogP contribution >= 0.6 is 0 Å². The molecule has 8 heteroatoms. The number of hydrogen-bond acceptors (Lipinski definition) is 4. The second kappa shape index (κ2) is 7.39. The molecule has 1 saturated heterocycles. The van der Waals surface area contributed by atoms with Crippen LogP contribution in [0.4, 0.5) is 14.6 Å². The number of nitrogens with one attached hydrogen (secondary N) is 1. The number of benzene rings is 1. The smallest absolute Gasteiger partial charge is 0.263 e. The lowest BCUT2D eigenvalue weighted by Gasteiger charge is -2.12. The highest BCUT2D eigenvalue weighted by Gasteiger charge is 2.18. The number of carbonyl (C=O) groups excluding carboxylic acids is 1. The summed E-state index contributed by atoms with van der Waals surface area (Å²) in [6.07, 6.45) is 2.55. The predicted octanol–water partition coefficient (Wildman–Crippen LogP) is 2.22. The zero-order valence-corrected chi connectivity index (χ0v) is 12.9. The third-order valence-corrected chi connectivity index (χ3v) is 3.69. The first-order valence-corrected chi connectivity index (χ1v) is 7.59. The van der Waals surface area contributed by atoms with Gasteiger partial charge in [-0.1, -0.05) is 0 Å². The van der Waals surface area contributed by atoms with Crippen LogP contribution in [0.15, 0.2) is 30.5 Å². The Morgan fingerprint density at radius 1 is 1.42 bits per heavy atom. The van der Waals surface area contributed by atoms with E-state index in [1.54, 1.807) is 16.9 Å². The molecule has 0 spiro atoms. The minimum absolute atomic E-state index is 0.178. The van der Waals surface area contributed by atoms with Crippen molar-refractivity contribution in [1.29, 1.82) is 0 Å². The second-order valence-electron chi connectivity index (χ2n) is 5.54. The van der Waals surface area contributed by atoms with Crippen molar-refractivity contribution < 1.29 is 23.0 Å². The summed E-state index contributed by atoms with van der Waals surface area (Å²) in [4.78, 5) is 12.0. The number of carbonyl (C=O) groups is 1. The molecule has 6 nitrogen and oxygen atoms in total. The zero-order valence-electron chi connectivity index (χ0n) is 12.9. The summed E-state index contributed by atoms with van der Waals surface area (Å²) in [5.74, 6) is -1.29. The monoisotopic (exact) mass is 337 g/mol. The van der Waals surface area contributed by atoms with Gasteiger partial charge >= 0.3 is 0 Å². The maximum Gasteiger partial charge on any atom is 0.263 e. The normalized spacial score (nSPS) is 17.0. The van der Waals surface area contributed by atoms with Crippen molar-refractivity contribution in [3.05, 3.63) is 42.1 Å². The average molecular weight is 337 g/mol. The molecule has 128 valence electrons. The molecule has 2 aromatic rings. The van der Waals surface area contributed by atoms with Crippen molar-refractivity contribution in [3.63, 3.8) is 0 Å². The van der Waals surface area contributed by atoms with Crippen LogP contribution in [0.5, 0.6) is 5.75 Å². The number of ether oxygens (including phenoxy) is 2. The van der Waals surface area contributed by atoms with E-state index in [4.69, 9.17) is 9.47 Å². The summed E-state index contributed by atoms with van der Waals surface area (Å²) in [5, 5.41) is 6.84. The first kappa shape index (κ1) is 16.4.